The van der Waals surface area contributed by atoms with Gasteiger partial charge in [-0.25, -0.2) is 4.79 Å². The van der Waals surface area contributed by atoms with Gasteiger partial charge in [-0.05, 0) is 12.8 Å². The number of carbonyl (C=O) groups is 3. The summed E-state index contributed by atoms with van der Waals surface area (Å²) >= 11 is 0. The average Bonchev–Trinajstić information content (AvgIpc) is 2.54. The second-order valence-electron chi connectivity index (χ2n) is 4.05. The van der Waals surface area contributed by atoms with Gasteiger partial charge in [-0.15, -0.1) is 0 Å². The van der Waals surface area contributed by atoms with Gasteiger partial charge in [0.25, 0.3) is 0 Å². The molecule has 6 nitrogen and oxygen atoms in total. The summed E-state index contributed by atoms with van der Waals surface area (Å²) in [6, 6.07) is -0.991. The number of carboxylic acids is 1. The van der Waals surface area contributed by atoms with Crippen molar-refractivity contribution in [3.05, 3.63) is 0 Å². The van der Waals surface area contributed by atoms with Gasteiger partial charge >= 0.3 is 5.97 Å². The molecule has 1 atom stereocenters. The van der Waals surface area contributed by atoms with Crippen LogP contribution in [0.5, 0.6) is 0 Å². The van der Waals surface area contributed by atoms with E-state index in [2.05, 4.69) is 10.6 Å². The Hall–Kier alpha value is -1.59. The van der Waals surface area contributed by atoms with Crippen LogP contribution in [0.1, 0.15) is 73.6 Å². The molecule has 0 aliphatic carbocycles. The Morgan fingerprint density at radius 1 is 1.00 bits per heavy atom. The lowest BCUT2D eigenvalue weighted by atomic mass is 10.1. The maximum Gasteiger partial charge on any atom is 0.326 e. The van der Waals surface area contributed by atoms with Crippen molar-refractivity contribution in [2.24, 2.45) is 0 Å². The third-order valence-electron chi connectivity index (χ3n) is 2.47. The topological polar surface area (TPSA) is 95.5 Å². The first-order valence-electron chi connectivity index (χ1n) is 8.30. The van der Waals surface area contributed by atoms with Crippen molar-refractivity contribution in [3.63, 3.8) is 0 Å². The van der Waals surface area contributed by atoms with E-state index >= 15 is 0 Å². The normalized spacial score (nSPS) is 10.1. The second kappa shape index (κ2) is 19.4. The van der Waals surface area contributed by atoms with Crippen molar-refractivity contribution in [2.45, 2.75) is 79.7 Å². The van der Waals surface area contributed by atoms with E-state index < -0.39 is 12.0 Å². The summed E-state index contributed by atoms with van der Waals surface area (Å²) in [7, 11) is 0. The predicted molar refractivity (Wildman–Crippen MR) is 89.7 cm³/mol. The molecule has 0 saturated heterocycles. The van der Waals surface area contributed by atoms with Gasteiger partial charge in [-0.1, -0.05) is 48.0 Å². The second-order valence-corrected chi connectivity index (χ2v) is 4.05. The van der Waals surface area contributed by atoms with E-state index in [9.17, 15) is 14.4 Å². The van der Waals surface area contributed by atoms with E-state index in [0.717, 1.165) is 12.8 Å². The Morgan fingerprint density at radius 3 is 1.95 bits per heavy atom. The molecule has 0 rings (SSSR count). The molecule has 2 amide bonds. The van der Waals surface area contributed by atoms with Crippen molar-refractivity contribution >= 4 is 17.8 Å². The number of aliphatic carboxylic acids is 1. The van der Waals surface area contributed by atoms with E-state index in [1.807, 2.05) is 34.6 Å². The van der Waals surface area contributed by atoms with Crippen LogP contribution in [0.4, 0.5) is 0 Å². The summed E-state index contributed by atoms with van der Waals surface area (Å²) in [5.74, 6) is -1.62. The number of unbranched alkanes of at least 4 members (excludes halogenated alkanes) is 1. The summed E-state index contributed by atoms with van der Waals surface area (Å²) in [5, 5.41) is 14.0. The highest BCUT2D eigenvalue weighted by Gasteiger charge is 2.19. The molecule has 0 spiro atoms. The van der Waals surface area contributed by atoms with Crippen molar-refractivity contribution in [3.8, 4) is 0 Å². The van der Waals surface area contributed by atoms with E-state index in [0.29, 0.717) is 6.54 Å². The summed E-state index contributed by atoms with van der Waals surface area (Å²) in [4.78, 5) is 33.4. The lowest BCUT2D eigenvalue weighted by Gasteiger charge is -2.13. The number of rotatable bonds is 9. The molecule has 132 valence electrons. The van der Waals surface area contributed by atoms with E-state index in [1.165, 1.54) is 0 Å². The molecule has 0 bridgehead atoms. The van der Waals surface area contributed by atoms with Crippen LogP contribution >= 0.6 is 0 Å². The lowest BCUT2D eigenvalue weighted by molar-refractivity contribution is -0.142. The molecular formula is C16H34N2O4. The predicted octanol–water partition coefficient (Wildman–Crippen LogP) is 2.71. The van der Waals surface area contributed by atoms with E-state index in [4.69, 9.17) is 5.11 Å². The zero-order chi connectivity index (χ0) is 18.0. The Labute approximate surface area is 135 Å². The van der Waals surface area contributed by atoms with Crippen LogP contribution in [0.2, 0.25) is 0 Å². The van der Waals surface area contributed by atoms with E-state index in [1.54, 1.807) is 6.92 Å². The molecule has 0 aromatic heterocycles. The fourth-order valence-corrected chi connectivity index (χ4v) is 1.32. The summed E-state index contributed by atoms with van der Waals surface area (Å²) in [5.41, 5.74) is 0. The average molecular weight is 318 g/mol. The Balaban J connectivity index is -0.000000826. The molecule has 0 aliphatic rings. The minimum atomic E-state index is -1.11. The number of hydrogen-bond donors (Lipinski definition) is 3. The zero-order valence-corrected chi connectivity index (χ0v) is 15.0. The standard InChI is InChI=1S/C12H22N2O4.2C2H6/c1-3-5-8-13-11(16)7-6-9(12(17)18)14-10(15)4-2;2*1-2/h9H,3-8H2,1-2H3,(H,13,16)(H,14,15)(H,17,18);2*1-2H3. The van der Waals surface area contributed by atoms with Crippen molar-refractivity contribution < 1.29 is 19.5 Å². The summed E-state index contributed by atoms with van der Waals surface area (Å²) < 4.78 is 0. The van der Waals surface area contributed by atoms with Gasteiger partial charge in [0.1, 0.15) is 6.04 Å². The van der Waals surface area contributed by atoms with Gasteiger partial charge < -0.3 is 15.7 Å². The van der Waals surface area contributed by atoms with Crippen molar-refractivity contribution in [1.82, 2.24) is 10.6 Å². The zero-order valence-electron chi connectivity index (χ0n) is 15.0. The van der Waals surface area contributed by atoms with Crippen LogP contribution < -0.4 is 10.6 Å². The molecular weight excluding hydrogens is 284 g/mol. The number of carboxylic acid groups (broad SMARTS) is 1. The van der Waals surface area contributed by atoms with Gasteiger partial charge in [0, 0.05) is 19.4 Å². The molecule has 0 aromatic rings. The first-order valence-corrected chi connectivity index (χ1v) is 8.30. The van der Waals surface area contributed by atoms with Crippen LogP contribution in [0.25, 0.3) is 0 Å². The van der Waals surface area contributed by atoms with Crippen LogP contribution in [-0.2, 0) is 14.4 Å². The first-order chi connectivity index (χ1) is 10.5. The molecule has 0 aromatic carbocycles. The SMILES string of the molecule is CC.CC.CCCCNC(=O)CCC(NC(=O)CC)C(=O)O. The van der Waals surface area contributed by atoms with Crippen LogP contribution in [-0.4, -0.2) is 35.5 Å². The number of carbonyl (C=O) groups excluding carboxylic acids is 2. The highest BCUT2D eigenvalue weighted by Crippen LogP contribution is 1.99. The highest BCUT2D eigenvalue weighted by molar-refractivity contribution is 5.84. The summed E-state index contributed by atoms with van der Waals surface area (Å²) in [6.45, 7) is 12.3. The smallest absolute Gasteiger partial charge is 0.326 e. The molecule has 0 fully saturated rings. The van der Waals surface area contributed by atoms with Gasteiger partial charge in [0.05, 0.1) is 0 Å². The number of hydrogen-bond acceptors (Lipinski definition) is 3. The molecule has 3 N–H and O–H groups in total. The molecule has 0 radical (unpaired) electrons. The molecule has 0 aliphatic heterocycles. The fraction of sp³-hybridized carbons (Fsp3) is 0.812. The Kier molecular flexibility index (Phi) is 22.4. The summed E-state index contributed by atoms with van der Waals surface area (Å²) in [6.07, 6.45) is 2.33. The van der Waals surface area contributed by atoms with Crippen molar-refractivity contribution in [2.75, 3.05) is 6.54 Å². The molecule has 6 heteroatoms. The van der Waals surface area contributed by atoms with Crippen LogP contribution in [0, 0.1) is 0 Å². The first kappa shape index (κ1) is 25.4. The Bertz CT molecular complexity index is 294. The van der Waals surface area contributed by atoms with Gasteiger partial charge in [-0.2, -0.15) is 0 Å². The minimum Gasteiger partial charge on any atom is -0.480 e. The number of amides is 2. The molecule has 0 heterocycles. The van der Waals surface area contributed by atoms with Crippen LogP contribution in [0.15, 0.2) is 0 Å². The number of nitrogens with one attached hydrogen (secondary N) is 2. The molecule has 1 unspecified atom stereocenters. The van der Waals surface area contributed by atoms with E-state index in [-0.39, 0.29) is 31.1 Å². The molecule has 22 heavy (non-hydrogen) atoms. The van der Waals surface area contributed by atoms with Gasteiger partial charge in [0.15, 0.2) is 0 Å². The maximum atomic E-state index is 11.4. The van der Waals surface area contributed by atoms with Gasteiger partial charge in [0.2, 0.25) is 11.8 Å². The highest BCUT2D eigenvalue weighted by atomic mass is 16.4. The minimum absolute atomic E-state index is 0.102. The third-order valence-corrected chi connectivity index (χ3v) is 2.47. The largest absolute Gasteiger partial charge is 0.480 e. The molecule has 0 saturated carbocycles. The van der Waals surface area contributed by atoms with Gasteiger partial charge in [-0.3, -0.25) is 9.59 Å². The fourth-order valence-electron chi connectivity index (χ4n) is 1.32. The quantitative estimate of drug-likeness (QED) is 0.570. The maximum absolute atomic E-state index is 11.4. The monoisotopic (exact) mass is 318 g/mol. The Morgan fingerprint density at radius 2 is 1.55 bits per heavy atom. The van der Waals surface area contributed by atoms with Crippen molar-refractivity contribution in [1.29, 1.82) is 0 Å². The lowest BCUT2D eigenvalue weighted by Crippen LogP contribution is -2.41. The van der Waals surface area contributed by atoms with Crippen LogP contribution in [0.3, 0.4) is 0 Å². The third kappa shape index (κ3) is 16.5.